The molecule has 0 radical (unpaired) electrons. The zero-order chi connectivity index (χ0) is 14.5. The van der Waals surface area contributed by atoms with Crippen molar-refractivity contribution in [2.24, 2.45) is 0 Å². The van der Waals surface area contributed by atoms with E-state index in [-0.39, 0.29) is 24.3 Å². The lowest BCUT2D eigenvalue weighted by Crippen LogP contribution is -2.36. The molecule has 2 rings (SSSR count). The summed E-state index contributed by atoms with van der Waals surface area (Å²) >= 11 is 0. The summed E-state index contributed by atoms with van der Waals surface area (Å²) in [7, 11) is 0. The van der Waals surface area contributed by atoms with Crippen LogP contribution in [0.15, 0.2) is 18.2 Å². The smallest absolute Gasteiger partial charge is 0.258 e. The van der Waals surface area contributed by atoms with Crippen molar-refractivity contribution in [2.75, 3.05) is 6.61 Å². The molecule has 0 aliphatic heterocycles. The summed E-state index contributed by atoms with van der Waals surface area (Å²) in [6, 6.07) is 4.14. The van der Waals surface area contributed by atoms with Crippen molar-refractivity contribution in [3.05, 3.63) is 29.6 Å². The molecule has 4 nitrogen and oxygen atoms in total. The number of carbonyl (C=O) groups excluding carboxylic acids is 1. The van der Waals surface area contributed by atoms with Gasteiger partial charge < -0.3 is 15.2 Å². The molecule has 0 unspecified atom stereocenters. The number of rotatable bonds is 5. The number of amides is 1. The van der Waals surface area contributed by atoms with Gasteiger partial charge in [0.05, 0.1) is 6.10 Å². The summed E-state index contributed by atoms with van der Waals surface area (Å²) in [5, 5.41) is 12.5. The van der Waals surface area contributed by atoms with Gasteiger partial charge in [0.2, 0.25) is 0 Å². The lowest BCUT2D eigenvalue weighted by molar-refractivity contribution is -0.123. The molecule has 0 bridgehead atoms. The fraction of sp³-hybridized carbons (Fsp3) is 0.533. The third-order valence-electron chi connectivity index (χ3n) is 3.50. The Morgan fingerprint density at radius 1 is 1.50 bits per heavy atom. The number of ether oxygens (including phenoxy) is 1. The Bertz CT molecular complexity index is 470. The largest absolute Gasteiger partial charge is 0.483 e. The second-order valence-electron chi connectivity index (χ2n) is 5.20. The van der Waals surface area contributed by atoms with E-state index in [9.17, 15) is 14.3 Å². The third kappa shape index (κ3) is 3.93. The van der Waals surface area contributed by atoms with Crippen LogP contribution in [0.25, 0.3) is 0 Å². The first kappa shape index (κ1) is 14.8. The maximum Gasteiger partial charge on any atom is 0.258 e. The van der Waals surface area contributed by atoms with Crippen molar-refractivity contribution in [2.45, 2.75) is 44.8 Å². The highest BCUT2D eigenvalue weighted by Gasteiger charge is 2.18. The predicted octanol–water partition coefficient (Wildman–Crippen LogP) is 2.32. The molecule has 1 atom stereocenters. The lowest BCUT2D eigenvalue weighted by Gasteiger charge is -2.15. The molecule has 0 spiro atoms. The van der Waals surface area contributed by atoms with Crippen LogP contribution in [0.3, 0.4) is 0 Å². The standard InChI is InChI=1S/C15H20FNO3/c1-10(18)13-7-6-11(16)8-14(13)20-9-15(19)17-12-4-2-3-5-12/h6-8,10,12,18H,2-5,9H2,1H3,(H,17,19)/t10-/m0/s1. The molecule has 0 saturated heterocycles. The van der Waals surface area contributed by atoms with Crippen molar-refractivity contribution < 1.29 is 19.0 Å². The Morgan fingerprint density at radius 3 is 2.85 bits per heavy atom. The van der Waals surface area contributed by atoms with Crippen molar-refractivity contribution >= 4 is 5.91 Å². The molecule has 1 aliphatic carbocycles. The summed E-state index contributed by atoms with van der Waals surface area (Å²) < 4.78 is 18.5. The minimum atomic E-state index is -0.775. The summed E-state index contributed by atoms with van der Waals surface area (Å²) in [6.07, 6.45) is 3.52. The second kappa shape index (κ2) is 6.70. The van der Waals surface area contributed by atoms with Crippen LogP contribution in [0.4, 0.5) is 4.39 Å². The minimum absolute atomic E-state index is 0.167. The summed E-state index contributed by atoms with van der Waals surface area (Å²) in [5.74, 6) is -0.458. The van der Waals surface area contributed by atoms with Gasteiger partial charge in [-0.25, -0.2) is 4.39 Å². The monoisotopic (exact) mass is 281 g/mol. The van der Waals surface area contributed by atoms with Crippen LogP contribution in [0.5, 0.6) is 5.75 Å². The molecule has 110 valence electrons. The quantitative estimate of drug-likeness (QED) is 0.870. The molecular weight excluding hydrogens is 261 g/mol. The van der Waals surface area contributed by atoms with Crippen molar-refractivity contribution in [1.29, 1.82) is 0 Å². The third-order valence-corrected chi connectivity index (χ3v) is 3.50. The van der Waals surface area contributed by atoms with Gasteiger partial charge in [0.15, 0.2) is 6.61 Å². The van der Waals surface area contributed by atoms with Crippen LogP contribution in [0.2, 0.25) is 0 Å². The molecule has 1 amide bonds. The molecular formula is C15H20FNO3. The van der Waals surface area contributed by atoms with Crippen molar-refractivity contribution in [1.82, 2.24) is 5.32 Å². The van der Waals surface area contributed by atoms with Crippen molar-refractivity contribution in [3.63, 3.8) is 0 Å². The van der Waals surface area contributed by atoms with Gasteiger partial charge in [-0.1, -0.05) is 12.8 Å². The van der Waals surface area contributed by atoms with Crippen LogP contribution >= 0.6 is 0 Å². The highest BCUT2D eigenvalue weighted by molar-refractivity contribution is 5.77. The van der Waals surface area contributed by atoms with E-state index in [1.165, 1.54) is 18.2 Å². The zero-order valence-electron chi connectivity index (χ0n) is 11.6. The maximum absolute atomic E-state index is 13.2. The SMILES string of the molecule is C[C@H](O)c1ccc(F)cc1OCC(=O)NC1CCCC1. The first-order chi connectivity index (χ1) is 9.56. The van der Waals surface area contributed by atoms with Gasteiger partial charge in [-0.3, -0.25) is 4.79 Å². The fourth-order valence-corrected chi connectivity index (χ4v) is 2.46. The molecule has 1 aromatic rings. The highest BCUT2D eigenvalue weighted by atomic mass is 19.1. The number of hydrogen-bond acceptors (Lipinski definition) is 3. The molecule has 0 aromatic heterocycles. The number of aliphatic hydroxyl groups excluding tert-OH is 1. The number of benzene rings is 1. The number of aliphatic hydroxyl groups is 1. The highest BCUT2D eigenvalue weighted by Crippen LogP contribution is 2.26. The summed E-state index contributed by atoms with van der Waals surface area (Å²) in [6.45, 7) is 1.40. The van der Waals surface area contributed by atoms with E-state index in [2.05, 4.69) is 5.32 Å². The predicted molar refractivity (Wildman–Crippen MR) is 72.9 cm³/mol. The summed E-state index contributed by atoms with van der Waals surface area (Å²) in [5.41, 5.74) is 0.472. The average molecular weight is 281 g/mol. The van der Waals surface area contributed by atoms with Crippen LogP contribution in [0, 0.1) is 5.82 Å². The topological polar surface area (TPSA) is 58.6 Å². The van der Waals surface area contributed by atoms with Gasteiger partial charge in [-0.2, -0.15) is 0 Å². The minimum Gasteiger partial charge on any atom is -0.483 e. The fourth-order valence-electron chi connectivity index (χ4n) is 2.46. The normalized spacial score (nSPS) is 16.9. The molecule has 1 saturated carbocycles. The molecule has 1 aliphatic rings. The van der Waals surface area contributed by atoms with E-state index in [0.29, 0.717) is 5.56 Å². The van der Waals surface area contributed by atoms with Gasteiger partial charge in [-0.05, 0) is 31.9 Å². The van der Waals surface area contributed by atoms with Gasteiger partial charge in [0.25, 0.3) is 5.91 Å². The Kier molecular flexibility index (Phi) is 4.95. The number of hydrogen-bond donors (Lipinski definition) is 2. The van der Waals surface area contributed by atoms with Crippen LogP contribution < -0.4 is 10.1 Å². The maximum atomic E-state index is 13.2. The zero-order valence-corrected chi connectivity index (χ0v) is 11.6. The Hall–Kier alpha value is -1.62. The lowest BCUT2D eigenvalue weighted by atomic mass is 10.1. The molecule has 5 heteroatoms. The van der Waals surface area contributed by atoms with E-state index >= 15 is 0 Å². The molecule has 20 heavy (non-hydrogen) atoms. The second-order valence-corrected chi connectivity index (χ2v) is 5.20. The number of nitrogens with one attached hydrogen (secondary N) is 1. The molecule has 0 heterocycles. The first-order valence-electron chi connectivity index (χ1n) is 6.96. The number of carbonyl (C=O) groups is 1. The Labute approximate surface area is 117 Å². The molecule has 1 aromatic carbocycles. The van der Waals surface area contributed by atoms with Gasteiger partial charge >= 0.3 is 0 Å². The van der Waals surface area contributed by atoms with Gasteiger partial charge in [0, 0.05) is 17.7 Å². The van der Waals surface area contributed by atoms with Crippen LogP contribution in [-0.2, 0) is 4.79 Å². The van der Waals surface area contributed by atoms with E-state index in [4.69, 9.17) is 4.74 Å². The first-order valence-corrected chi connectivity index (χ1v) is 6.96. The van der Waals surface area contributed by atoms with Crippen LogP contribution in [0.1, 0.15) is 44.3 Å². The van der Waals surface area contributed by atoms with E-state index in [1.54, 1.807) is 6.92 Å². The number of halogens is 1. The Balaban J connectivity index is 1.92. The van der Waals surface area contributed by atoms with Gasteiger partial charge in [0.1, 0.15) is 11.6 Å². The molecule has 1 fully saturated rings. The van der Waals surface area contributed by atoms with Crippen LogP contribution in [-0.4, -0.2) is 23.7 Å². The molecule has 2 N–H and O–H groups in total. The summed E-state index contributed by atoms with van der Waals surface area (Å²) in [4.78, 5) is 11.7. The Morgan fingerprint density at radius 2 is 2.20 bits per heavy atom. The van der Waals surface area contributed by atoms with Crippen molar-refractivity contribution in [3.8, 4) is 5.75 Å². The van der Waals surface area contributed by atoms with Gasteiger partial charge in [-0.15, -0.1) is 0 Å². The van der Waals surface area contributed by atoms with E-state index in [1.807, 2.05) is 0 Å². The van der Waals surface area contributed by atoms with E-state index in [0.717, 1.165) is 25.7 Å². The van der Waals surface area contributed by atoms with E-state index < -0.39 is 11.9 Å². The average Bonchev–Trinajstić information content (AvgIpc) is 2.89.